The van der Waals surface area contributed by atoms with Gasteiger partial charge in [0.15, 0.2) is 11.5 Å². The van der Waals surface area contributed by atoms with E-state index in [0.717, 1.165) is 5.57 Å². The zero-order valence-corrected chi connectivity index (χ0v) is 17.3. The third-order valence-electron chi connectivity index (χ3n) is 4.23. The standard InChI is InChI=1S/C23H21FN4O3/c1-14(2)9-20(29)22-19(27-18-8-7-17(24)10-15(18)3)5-4-6-21(22)31-28-23(30)16-11-25-13-26-12-16/h4-13,27H,1-3H3,(H,28,30). The van der Waals surface area contributed by atoms with Crippen LogP contribution in [0.2, 0.25) is 0 Å². The molecular formula is C23H21FN4O3. The van der Waals surface area contributed by atoms with Crippen LogP contribution in [0.5, 0.6) is 5.75 Å². The molecule has 1 heterocycles. The van der Waals surface area contributed by atoms with Crippen molar-refractivity contribution in [3.63, 3.8) is 0 Å². The SMILES string of the molecule is CC(C)=CC(=O)c1c(Nc2ccc(F)cc2C)cccc1ONC(=O)c1cncnc1. The lowest BCUT2D eigenvalue weighted by atomic mass is 10.0. The van der Waals surface area contributed by atoms with E-state index < -0.39 is 5.91 Å². The van der Waals surface area contributed by atoms with E-state index in [2.05, 4.69) is 20.8 Å². The molecule has 0 bridgehead atoms. The van der Waals surface area contributed by atoms with Crippen LogP contribution >= 0.6 is 0 Å². The molecule has 0 aliphatic heterocycles. The van der Waals surface area contributed by atoms with E-state index in [1.165, 1.54) is 36.9 Å². The number of carbonyl (C=O) groups is 2. The molecule has 0 aliphatic rings. The summed E-state index contributed by atoms with van der Waals surface area (Å²) in [6.07, 6.45) is 5.46. The Hall–Kier alpha value is -4.07. The maximum atomic E-state index is 13.5. The number of hydrogen-bond donors (Lipinski definition) is 2. The lowest BCUT2D eigenvalue weighted by Crippen LogP contribution is -2.28. The average molecular weight is 420 g/mol. The number of anilines is 2. The first-order valence-electron chi connectivity index (χ1n) is 9.43. The van der Waals surface area contributed by atoms with Crippen LogP contribution in [0.4, 0.5) is 15.8 Å². The summed E-state index contributed by atoms with van der Waals surface area (Å²) in [4.78, 5) is 38.3. The van der Waals surface area contributed by atoms with Crippen molar-refractivity contribution in [1.82, 2.24) is 15.4 Å². The van der Waals surface area contributed by atoms with Crippen LogP contribution in [-0.2, 0) is 0 Å². The number of nitrogens with zero attached hydrogens (tertiary/aromatic N) is 2. The topological polar surface area (TPSA) is 93.2 Å². The second-order valence-electron chi connectivity index (χ2n) is 7.01. The van der Waals surface area contributed by atoms with E-state index in [-0.39, 0.29) is 28.5 Å². The molecule has 3 aromatic rings. The number of ketones is 1. The molecule has 0 fully saturated rings. The number of aromatic nitrogens is 2. The molecule has 0 saturated heterocycles. The van der Waals surface area contributed by atoms with E-state index in [1.807, 2.05) is 0 Å². The minimum Gasteiger partial charge on any atom is -0.378 e. The van der Waals surface area contributed by atoms with Gasteiger partial charge in [0.1, 0.15) is 12.1 Å². The van der Waals surface area contributed by atoms with Crippen LogP contribution < -0.4 is 15.6 Å². The molecule has 158 valence electrons. The van der Waals surface area contributed by atoms with Crippen molar-refractivity contribution in [1.29, 1.82) is 0 Å². The van der Waals surface area contributed by atoms with Crippen molar-refractivity contribution in [2.75, 3.05) is 5.32 Å². The van der Waals surface area contributed by atoms with Gasteiger partial charge in [0.25, 0.3) is 5.91 Å². The number of halogens is 1. The number of nitrogens with one attached hydrogen (secondary N) is 2. The Kier molecular flexibility index (Phi) is 6.71. The summed E-state index contributed by atoms with van der Waals surface area (Å²) in [6.45, 7) is 5.36. The third kappa shape index (κ3) is 5.51. The van der Waals surface area contributed by atoms with E-state index in [9.17, 15) is 14.0 Å². The van der Waals surface area contributed by atoms with Crippen LogP contribution in [0, 0.1) is 12.7 Å². The lowest BCUT2D eigenvalue weighted by Gasteiger charge is -2.16. The number of aryl methyl sites for hydroxylation is 1. The van der Waals surface area contributed by atoms with Crippen molar-refractivity contribution >= 4 is 23.1 Å². The van der Waals surface area contributed by atoms with E-state index in [0.29, 0.717) is 16.9 Å². The van der Waals surface area contributed by atoms with Gasteiger partial charge in [-0.3, -0.25) is 9.59 Å². The smallest absolute Gasteiger partial charge is 0.287 e. The maximum absolute atomic E-state index is 13.5. The first-order valence-corrected chi connectivity index (χ1v) is 9.43. The predicted octanol–water partition coefficient (Wildman–Crippen LogP) is 4.54. The van der Waals surface area contributed by atoms with Crippen molar-refractivity contribution in [2.45, 2.75) is 20.8 Å². The monoisotopic (exact) mass is 420 g/mol. The molecule has 7 nitrogen and oxygen atoms in total. The number of carbonyl (C=O) groups excluding carboxylic acids is 2. The summed E-state index contributed by atoms with van der Waals surface area (Å²) < 4.78 is 13.5. The normalized spacial score (nSPS) is 10.2. The first kappa shape index (κ1) is 21.6. The summed E-state index contributed by atoms with van der Waals surface area (Å²) in [5.41, 5.74) is 5.28. The van der Waals surface area contributed by atoms with Crippen LogP contribution in [0.3, 0.4) is 0 Å². The largest absolute Gasteiger partial charge is 0.378 e. The Bertz CT molecular complexity index is 1140. The summed E-state index contributed by atoms with van der Waals surface area (Å²) in [6, 6.07) is 9.25. The second-order valence-corrected chi connectivity index (χ2v) is 7.01. The van der Waals surface area contributed by atoms with Crippen LogP contribution in [-0.4, -0.2) is 21.7 Å². The Morgan fingerprint density at radius 1 is 1.06 bits per heavy atom. The first-order chi connectivity index (χ1) is 14.8. The number of benzene rings is 2. The molecule has 1 amide bonds. The number of amides is 1. The highest BCUT2D eigenvalue weighted by molar-refractivity contribution is 6.11. The number of allylic oxidation sites excluding steroid dienone is 2. The van der Waals surface area contributed by atoms with Crippen molar-refractivity contribution in [2.24, 2.45) is 0 Å². The molecule has 0 atom stereocenters. The highest BCUT2D eigenvalue weighted by atomic mass is 19.1. The highest BCUT2D eigenvalue weighted by Gasteiger charge is 2.18. The van der Waals surface area contributed by atoms with Crippen molar-refractivity contribution < 1.29 is 18.8 Å². The highest BCUT2D eigenvalue weighted by Crippen LogP contribution is 2.31. The van der Waals surface area contributed by atoms with Crippen LogP contribution in [0.15, 0.2) is 66.8 Å². The molecular weight excluding hydrogens is 399 g/mol. The van der Waals surface area contributed by atoms with Gasteiger partial charge in [-0.05, 0) is 62.7 Å². The Labute approximate surface area is 179 Å². The zero-order chi connectivity index (χ0) is 22.4. The minimum atomic E-state index is -0.561. The van der Waals surface area contributed by atoms with Crippen LogP contribution in [0.25, 0.3) is 0 Å². The average Bonchev–Trinajstić information content (AvgIpc) is 2.74. The molecule has 0 aliphatic carbocycles. The Morgan fingerprint density at radius 2 is 1.81 bits per heavy atom. The molecule has 31 heavy (non-hydrogen) atoms. The Morgan fingerprint density at radius 3 is 2.48 bits per heavy atom. The van der Waals surface area contributed by atoms with E-state index >= 15 is 0 Å². The van der Waals surface area contributed by atoms with Gasteiger partial charge in [0, 0.05) is 18.1 Å². The van der Waals surface area contributed by atoms with Gasteiger partial charge in [0.2, 0.25) is 0 Å². The predicted molar refractivity (Wildman–Crippen MR) is 115 cm³/mol. The summed E-state index contributed by atoms with van der Waals surface area (Å²) in [5.74, 6) is -1.07. The molecule has 2 N–H and O–H groups in total. The van der Waals surface area contributed by atoms with Gasteiger partial charge in [-0.1, -0.05) is 11.6 Å². The quantitative estimate of drug-likeness (QED) is 0.331. The lowest BCUT2D eigenvalue weighted by molar-refractivity contribution is 0.0753. The number of rotatable bonds is 7. The Balaban J connectivity index is 1.94. The summed E-state index contributed by atoms with van der Waals surface area (Å²) in [5, 5.41) is 3.15. The van der Waals surface area contributed by atoms with Gasteiger partial charge in [-0.15, -0.1) is 0 Å². The molecule has 1 aromatic heterocycles. The fraction of sp³-hybridized carbons (Fsp3) is 0.130. The molecule has 2 aromatic carbocycles. The van der Waals surface area contributed by atoms with E-state index in [4.69, 9.17) is 4.84 Å². The molecule has 0 saturated carbocycles. The third-order valence-corrected chi connectivity index (χ3v) is 4.23. The maximum Gasteiger partial charge on any atom is 0.287 e. The molecule has 0 unspecified atom stereocenters. The second kappa shape index (κ2) is 9.62. The molecule has 3 rings (SSSR count). The zero-order valence-electron chi connectivity index (χ0n) is 17.3. The van der Waals surface area contributed by atoms with Gasteiger partial charge in [-0.25, -0.2) is 14.4 Å². The summed E-state index contributed by atoms with van der Waals surface area (Å²) in [7, 11) is 0. The van der Waals surface area contributed by atoms with Gasteiger partial charge in [0.05, 0.1) is 16.8 Å². The number of hydrogen-bond acceptors (Lipinski definition) is 6. The minimum absolute atomic E-state index is 0.150. The van der Waals surface area contributed by atoms with Crippen molar-refractivity contribution in [3.05, 3.63) is 89.3 Å². The van der Waals surface area contributed by atoms with Gasteiger partial charge in [-0.2, -0.15) is 5.48 Å². The fourth-order valence-corrected chi connectivity index (χ4v) is 2.80. The van der Waals surface area contributed by atoms with E-state index in [1.54, 1.807) is 45.0 Å². The van der Waals surface area contributed by atoms with Crippen LogP contribution in [0.1, 0.15) is 40.1 Å². The fourth-order valence-electron chi connectivity index (χ4n) is 2.80. The van der Waals surface area contributed by atoms with Gasteiger partial charge >= 0.3 is 0 Å². The molecule has 8 heteroatoms. The summed E-state index contributed by atoms with van der Waals surface area (Å²) >= 11 is 0. The van der Waals surface area contributed by atoms with Crippen molar-refractivity contribution in [3.8, 4) is 5.75 Å². The molecule has 0 spiro atoms. The molecule has 0 radical (unpaired) electrons. The number of hydroxylamine groups is 1. The van der Waals surface area contributed by atoms with Gasteiger partial charge < -0.3 is 10.2 Å².